The third kappa shape index (κ3) is 8.10. The second kappa shape index (κ2) is 16.6. The second-order valence-corrected chi connectivity index (χ2v) is 12.0. The van der Waals surface area contributed by atoms with E-state index in [1.807, 2.05) is 72.8 Å². The van der Waals surface area contributed by atoms with E-state index in [2.05, 4.69) is 26.8 Å². The van der Waals surface area contributed by atoms with Crippen LogP contribution in [0.3, 0.4) is 0 Å². The van der Waals surface area contributed by atoms with E-state index in [1.54, 1.807) is 40.6 Å². The minimum Gasteiger partial charge on any atom is -0.497 e. The van der Waals surface area contributed by atoms with Crippen molar-refractivity contribution in [2.75, 3.05) is 41.7 Å². The lowest BCUT2D eigenvalue weighted by molar-refractivity contribution is -0.130. The van der Waals surface area contributed by atoms with Crippen LogP contribution in [0.5, 0.6) is 28.7 Å². The van der Waals surface area contributed by atoms with Crippen LogP contribution in [0.2, 0.25) is 0 Å². The standard InChI is InChI=1S/C37H40BrN3O8/c1-44-28-11-7-10-25(19-28)34-37(22-26-9-5-6-12-31(26)38,40-35(49-34)24-13-15-27(16-14-24)48-18-8-17-42)36(43)41-39-23-30-32(46-3)20-29(45-2)21-33(30)47-4/h5-7,9-16,19-21,34,39,42H,8,17-18,22-23H2,1-4H3,(H,41,43)/t34-,37-/m0/s1. The van der Waals surface area contributed by atoms with Crippen LogP contribution in [-0.4, -0.2) is 64.1 Å². The van der Waals surface area contributed by atoms with Gasteiger partial charge in [0, 0.05) is 48.2 Å². The molecule has 258 valence electrons. The number of amides is 1. The van der Waals surface area contributed by atoms with Gasteiger partial charge in [-0.1, -0.05) is 46.3 Å². The van der Waals surface area contributed by atoms with Gasteiger partial charge in [0.2, 0.25) is 5.90 Å². The number of carbonyl (C=O) groups is 1. The molecule has 0 fully saturated rings. The number of hydrazine groups is 1. The lowest BCUT2D eigenvalue weighted by Gasteiger charge is -2.31. The summed E-state index contributed by atoms with van der Waals surface area (Å²) >= 11 is 3.67. The van der Waals surface area contributed by atoms with E-state index < -0.39 is 17.6 Å². The Bertz CT molecular complexity index is 1740. The summed E-state index contributed by atoms with van der Waals surface area (Å²) in [6.45, 7) is 0.611. The van der Waals surface area contributed by atoms with Gasteiger partial charge in [-0.05, 0) is 53.6 Å². The molecule has 1 aliphatic heterocycles. The summed E-state index contributed by atoms with van der Waals surface area (Å²) in [6, 6.07) is 25.9. The second-order valence-electron chi connectivity index (χ2n) is 11.2. The molecule has 11 nitrogen and oxygen atoms in total. The largest absolute Gasteiger partial charge is 0.497 e. The number of nitrogens with zero attached hydrogens (tertiary/aromatic N) is 1. The average Bonchev–Trinajstić information content (AvgIpc) is 3.53. The molecule has 0 aromatic heterocycles. The van der Waals surface area contributed by atoms with Gasteiger partial charge in [0.1, 0.15) is 28.7 Å². The van der Waals surface area contributed by atoms with Crippen LogP contribution < -0.4 is 34.5 Å². The fraction of sp³-hybridized carbons (Fsp3) is 0.297. The number of halogens is 1. The first kappa shape index (κ1) is 35.5. The monoisotopic (exact) mass is 733 g/mol. The highest BCUT2D eigenvalue weighted by Crippen LogP contribution is 2.44. The van der Waals surface area contributed by atoms with E-state index >= 15 is 0 Å². The molecule has 3 N–H and O–H groups in total. The van der Waals surface area contributed by atoms with Crippen molar-refractivity contribution in [1.29, 1.82) is 0 Å². The maximum atomic E-state index is 14.7. The van der Waals surface area contributed by atoms with E-state index in [1.165, 1.54) is 0 Å². The highest BCUT2D eigenvalue weighted by Gasteiger charge is 2.53. The van der Waals surface area contributed by atoms with Crippen LogP contribution in [0.1, 0.15) is 34.8 Å². The summed E-state index contributed by atoms with van der Waals surface area (Å²) in [7, 11) is 6.27. The molecule has 4 aromatic rings. The molecule has 4 aromatic carbocycles. The Morgan fingerprint density at radius 2 is 1.59 bits per heavy atom. The number of aliphatic hydroxyl groups is 1. The van der Waals surface area contributed by atoms with Gasteiger partial charge in [-0.15, -0.1) is 0 Å². The van der Waals surface area contributed by atoms with Gasteiger partial charge in [-0.3, -0.25) is 10.2 Å². The molecule has 12 heteroatoms. The van der Waals surface area contributed by atoms with E-state index in [0.717, 1.165) is 10.0 Å². The van der Waals surface area contributed by atoms with Crippen LogP contribution in [0.25, 0.3) is 0 Å². The molecule has 2 atom stereocenters. The predicted octanol–water partition coefficient (Wildman–Crippen LogP) is 5.57. The summed E-state index contributed by atoms with van der Waals surface area (Å²) in [5.41, 5.74) is 7.46. The third-order valence-corrected chi connectivity index (χ3v) is 8.90. The SMILES string of the molecule is COc1cccc([C@@H]2OC(c3ccc(OCCCO)cc3)=N[C@]2(Cc2ccccc2Br)C(=O)NNCc2c(OC)cc(OC)cc2OC)c1. The van der Waals surface area contributed by atoms with Gasteiger partial charge < -0.3 is 33.5 Å². The smallest absolute Gasteiger partial charge is 0.266 e. The maximum absolute atomic E-state index is 14.7. The first-order valence-corrected chi connectivity index (χ1v) is 16.4. The molecular formula is C37H40BrN3O8. The van der Waals surface area contributed by atoms with Crippen molar-refractivity contribution < 1.29 is 38.3 Å². The molecule has 0 aliphatic carbocycles. The maximum Gasteiger partial charge on any atom is 0.266 e. The quantitative estimate of drug-likeness (QED) is 0.100. The minimum absolute atomic E-state index is 0.0477. The molecule has 0 spiro atoms. The Balaban J connectivity index is 1.54. The van der Waals surface area contributed by atoms with Gasteiger partial charge in [-0.25, -0.2) is 10.4 Å². The van der Waals surface area contributed by atoms with Crippen molar-refractivity contribution in [3.05, 3.63) is 112 Å². The number of hydrogen-bond donors (Lipinski definition) is 3. The van der Waals surface area contributed by atoms with Gasteiger partial charge in [-0.2, -0.15) is 0 Å². The van der Waals surface area contributed by atoms with Crippen molar-refractivity contribution in [3.63, 3.8) is 0 Å². The van der Waals surface area contributed by atoms with Crippen molar-refractivity contribution in [3.8, 4) is 28.7 Å². The molecule has 49 heavy (non-hydrogen) atoms. The summed E-state index contributed by atoms with van der Waals surface area (Å²) in [4.78, 5) is 19.8. The Labute approximate surface area is 294 Å². The zero-order chi connectivity index (χ0) is 34.8. The Morgan fingerprint density at radius 3 is 2.24 bits per heavy atom. The predicted molar refractivity (Wildman–Crippen MR) is 189 cm³/mol. The van der Waals surface area contributed by atoms with E-state index in [-0.39, 0.29) is 19.6 Å². The molecule has 1 heterocycles. The van der Waals surface area contributed by atoms with Crippen molar-refractivity contribution >= 4 is 27.7 Å². The van der Waals surface area contributed by atoms with Crippen molar-refractivity contribution in [2.24, 2.45) is 4.99 Å². The number of rotatable bonds is 16. The van der Waals surface area contributed by atoms with Crippen LogP contribution in [0.15, 0.2) is 94.4 Å². The molecule has 5 rings (SSSR count). The fourth-order valence-electron chi connectivity index (χ4n) is 5.59. The van der Waals surface area contributed by atoms with Crippen LogP contribution in [-0.2, 0) is 22.5 Å². The number of carbonyl (C=O) groups excluding carboxylic acids is 1. The normalized spacial score (nSPS) is 16.7. The van der Waals surface area contributed by atoms with Crippen molar-refractivity contribution in [1.82, 2.24) is 10.9 Å². The molecule has 0 saturated heterocycles. The number of benzene rings is 4. The Kier molecular flexibility index (Phi) is 12.0. The summed E-state index contributed by atoms with van der Waals surface area (Å²) in [5, 5.41) is 9.10. The topological polar surface area (TPSA) is 129 Å². The van der Waals surface area contributed by atoms with Crippen LogP contribution in [0, 0.1) is 0 Å². The molecule has 0 saturated carbocycles. The Hall–Kier alpha value is -4.78. The first-order valence-electron chi connectivity index (χ1n) is 15.7. The van der Waals surface area contributed by atoms with E-state index in [4.69, 9.17) is 38.5 Å². The van der Waals surface area contributed by atoms with E-state index in [9.17, 15) is 4.79 Å². The number of methoxy groups -OCH3 is 4. The number of nitrogens with one attached hydrogen (secondary N) is 2. The third-order valence-electron chi connectivity index (χ3n) is 8.13. The molecule has 0 bridgehead atoms. The summed E-state index contributed by atoms with van der Waals surface area (Å²) in [5.74, 6) is 2.78. The zero-order valence-corrected chi connectivity index (χ0v) is 29.4. The summed E-state index contributed by atoms with van der Waals surface area (Å²) < 4.78 is 35.3. The molecular weight excluding hydrogens is 694 g/mol. The number of hydrogen-bond acceptors (Lipinski definition) is 10. The van der Waals surface area contributed by atoms with Gasteiger partial charge in [0.05, 0.1) is 40.6 Å². The first-order chi connectivity index (χ1) is 23.8. The molecule has 0 unspecified atom stereocenters. The number of ether oxygens (including phenoxy) is 6. The highest BCUT2D eigenvalue weighted by molar-refractivity contribution is 9.10. The molecule has 1 amide bonds. The number of aliphatic hydroxyl groups excluding tert-OH is 1. The highest BCUT2D eigenvalue weighted by atomic mass is 79.9. The lowest BCUT2D eigenvalue weighted by Crippen LogP contribution is -2.53. The zero-order valence-electron chi connectivity index (χ0n) is 27.8. The van der Waals surface area contributed by atoms with Crippen LogP contribution in [0.4, 0.5) is 0 Å². The number of aliphatic imine (C=N–C) groups is 1. The molecule has 0 radical (unpaired) electrons. The lowest BCUT2D eigenvalue weighted by atomic mass is 9.82. The van der Waals surface area contributed by atoms with Crippen molar-refractivity contribution in [2.45, 2.75) is 31.0 Å². The van der Waals surface area contributed by atoms with Gasteiger partial charge in [0.15, 0.2) is 11.6 Å². The van der Waals surface area contributed by atoms with Gasteiger partial charge >= 0.3 is 0 Å². The minimum atomic E-state index is -1.47. The fourth-order valence-corrected chi connectivity index (χ4v) is 6.02. The van der Waals surface area contributed by atoms with E-state index in [0.29, 0.717) is 64.4 Å². The summed E-state index contributed by atoms with van der Waals surface area (Å²) in [6.07, 6.45) is -0.110. The van der Waals surface area contributed by atoms with Gasteiger partial charge in [0.25, 0.3) is 5.91 Å². The molecule has 1 aliphatic rings. The van der Waals surface area contributed by atoms with Crippen LogP contribution >= 0.6 is 15.9 Å². The Morgan fingerprint density at radius 1 is 0.878 bits per heavy atom. The average molecular weight is 735 g/mol.